The molecule has 0 aromatic heterocycles. The molecule has 0 amide bonds. The summed E-state index contributed by atoms with van der Waals surface area (Å²) in [5, 5.41) is 10.4. The minimum Gasteiger partial charge on any atom is -0.489 e. The van der Waals surface area contributed by atoms with E-state index in [2.05, 4.69) is 4.90 Å². The Morgan fingerprint density at radius 3 is 2.68 bits per heavy atom. The largest absolute Gasteiger partial charge is 0.489 e. The van der Waals surface area contributed by atoms with Crippen LogP contribution in [0, 0.1) is 0 Å². The van der Waals surface area contributed by atoms with Crippen molar-refractivity contribution in [3.8, 4) is 5.75 Å². The van der Waals surface area contributed by atoms with Gasteiger partial charge in [0.15, 0.2) is 5.75 Å². The lowest BCUT2D eigenvalue weighted by molar-refractivity contribution is 0.0773. The quantitative estimate of drug-likeness (QED) is 0.906. The molecule has 1 saturated heterocycles. The van der Waals surface area contributed by atoms with Gasteiger partial charge in [0.1, 0.15) is 6.61 Å². The molecule has 5 heteroatoms. The third-order valence-corrected chi connectivity index (χ3v) is 4.10. The van der Waals surface area contributed by atoms with Crippen LogP contribution < -0.4 is 4.74 Å². The maximum atomic E-state index is 9.34. The van der Waals surface area contributed by atoms with E-state index in [9.17, 15) is 5.11 Å². The fourth-order valence-corrected chi connectivity index (χ4v) is 2.95. The van der Waals surface area contributed by atoms with E-state index >= 15 is 0 Å². The van der Waals surface area contributed by atoms with E-state index in [0.29, 0.717) is 22.4 Å². The first-order valence-electron chi connectivity index (χ1n) is 6.64. The Morgan fingerprint density at radius 2 is 2.00 bits per heavy atom. The highest BCUT2D eigenvalue weighted by Crippen LogP contribution is 2.32. The van der Waals surface area contributed by atoms with E-state index in [-0.39, 0.29) is 12.6 Å². The minimum atomic E-state index is 0.215. The SMILES string of the molecule is OCC1CCCCN1CCOc1c(Cl)cccc1Cl. The first-order valence-corrected chi connectivity index (χ1v) is 7.39. The molecule has 1 N–H and O–H groups in total. The summed E-state index contributed by atoms with van der Waals surface area (Å²) in [6.07, 6.45) is 3.44. The van der Waals surface area contributed by atoms with Gasteiger partial charge in [-0.1, -0.05) is 35.7 Å². The van der Waals surface area contributed by atoms with Gasteiger partial charge in [0.2, 0.25) is 0 Å². The van der Waals surface area contributed by atoms with Gasteiger partial charge in [-0.2, -0.15) is 0 Å². The summed E-state index contributed by atoms with van der Waals surface area (Å²) in [5.41, 5.74) is 0. The van der Waals surface area contributed by atoms with Crippen LogP contribution in [0.3, 0.4) is 0 Å². The maximum Gasteiger partial charge on any atom is 0.156 e. The highest BCUT2D eigenvalue weighted by atomic mass is 35.5. The first kappa shape index (κ1) is 14.9. The molecule has 2 rings (SSSR count). The van der Waals surface area contributed by atoms with Crippen molar-refractivity contribution in [3.05, 3.63) is 28.2 Å². The topological polar surface area (TPSA) is 32.7 Å². The summed E-state index contributed by atoms with van der Waals surface area (Å²) in [6, 6.07) is 5.59. The number of likely N-dealkylation sites (tertiary alicyclic amines) is 1. The monoisotopic (exact) mass is 303 g/mol. The van der Waals surface area contributed by atoms with Crippen LogP contribution in [0.2, 0.25) is 10.0 Å². The van der Waals surface area contributed by atoms with Crippen LogP contribution in [0.15, 0.2) is 18.2 Å². The number of benzene rings is 1. The highest BCUT2D eigenvalue weighted by molar-refractivity contribution is 6.37. The fraction of sp³-hybridized carbons (Fsp3) is 0.571. The molecule has 19 heavy (non-hydrogen) atoms. The van der Waals surface area contributed by atoms with Crippen LogP contribution in [-0.4, -0.2) is 42.4 Å². The molecule has 3 nitrogen and oxygen atoms in total. The highest BCUT2D eigenvalue weighted by Gasteiger charge is 2.21. The van der Waals surface area contributed by atoms with Gasteiger partial charge in [0.05, 0.1) is 16.7 Å². The molecule has 1 aromatic carbocycles. The molecule has 1 atom stereocenters. The summed E-state index contributed by atoms with van der Waals surface area (Å²) in [5.74, 6) is 0.545. The van der Waals surface area contributed by atoms with Crippen molar-refractivity contribution in [2.24, 2.45) is 0 Å². The Kier molecular flexibility index (Phi) is 5.76. The first-order chi connectivity index (χ1) is 9.22. The summed E-state index contributed by atoms with van der Waals surface area (Å²) in [4.78, 5) is 2.27. The lowest BCUT2D eigenvalue weighted by Crippen LogP contribution is -2.43. The van der Waals surface area contributed by atoms with E-state index in [1.807, 2.05) is 0 Å². The van der Waals surface area contributed by atoms with E-state index in [0.717, 1.165) is 19.5 Å². The molecule has 0 radical (unpaired) electrons. The number of aliphatic hydroxyl groups is 1. The molecule has 1 aromatic rings. The molecular weight excluding hydrogens is 285 g/mol. The van der Waals surface area contributed by atoms with E-state index in [4.69, 9.17) is 27.9 Å². The van der Waals surface area contributed by atoms with Gasteiger partial charge in [-0.25, -0.2) is 0 Å². The molecule has 1 fully saturated rings. The average molecular weight is 304 g/mol. The van der Waals surface area contributed by atoms with Crippen molar-refractivity contribution in [2.45, 2.75) is 25.3 Å². The van der Waals surface area contributed by atoms with E-state index in [1.54, 1.807) is 18.2 Å². The number of para-hydroxylation sites is 1. The predicted molar refractivity (Wildman–Crippen MR) is 78.3 cm³/mol. The fourth-order valence-electron chi connectivity index (χ4n) is 2.45. The van der Waals surface area contributed by atoms with Gasteiger partial charge in [0.25, 0.3) is 0 Å². The van der Waals surface area contributed by atoms with Crippen LogP contribution >= 0.6 is 23.2 Å². The second-order valence-electron chi connectivity index (χ2n) is 4.77. The molecule has 1 heterocycles. The van der Waals surface area contributed by atoms with Crippen LogP contribution in [-0.2, 0) is 0 Å². The molecule has 0 saturated carbocycles. The van der Waals surface area contributed by atoms with E-state index < -0.39 is 0 Å². The third-order valence-electron chi connectivity index (χ3n) is 3.50. The van der Waals surface area contributed by atoms with Crippen molar-refractivity contribution in [1.29, 1.82) is 0 Å². The van der Waals surface area contributed by atoms with E-state index in [1.165, 1.54) is 12.8 Å². The zero-order chi connectivity index (χ0) is 13.7. The summed E-state index contributed by atoms with van der Waals surface area (Å²) in [7, 11) is 0. The Hall–Kier alpha value is -0.480. The molecular formula is C14H19Cl2NO2. The number of piperidine rings is 1. The minimum absolute atomic E-state index is 0.215. The number of hydrogen-bond acceptors (Lipinski definition) is 3. The van der Waals surface area contributed by atoms with Gasteiger partial charge < -0.3 is 9.84 Å². The van der Waals surface area contributed by atoms with Crippen LogP contribution in [0.1, 0.15) is 19.3 Å². The van der Waals surface area contributed by atoms with Crippen LogP contribution in [0.5, 0.6) is 5.75 Å². The van der Waals surface area contributed by atoms with Crippen LogP contribution in [0.4, 0.5) is 0 Å². The standard InChI is InChI=1S/C14H19Cl2NO2/c15-12-5-3-6-13(16)14(12)19-9-8-17-7-2-1-4-11(17)10-18/h3,5-6,11,18H,1-2,4,7-10H2. The molecule has 0 spiro atoms. The Labute approximate surface area is 124 Å². The van der Waals surface area contributed by atoms with Gasteiger partial charge in [-0.3, -0.25) is 4.90 Å². The zero-order valence-electron chi connectivity index (χ0n) is 10.8. The van der Waals surface area contributed by atoms with Crippen molar-refractivity contribution in [2.75, 3.05) is 26.3 Å². The van der Waals surface area contributed by atoms with Gasteiger partial charge in [0, 0.05) is 12.6 Å². The summed E-state index contributed by atoms with van der Waals surface area (Å²) < 4.78 is 5.68. The molecule has 106 valence electrons. The van der Waals surface area contributed by atoms with Gasteiger partial charge in [-0.15, -0.1) is 0 Å². The normalized spacial score (nSPS) is 20.5. The lowest BCUT2D eigenvalue weighted by Gasteiger charge is -2.34. The Bertz CT molecular complexity index is 394. The summed E-state index contributed by atoms with van der Waals surface area (Å²) >= 11 is 12.1. The average Bonchev–Trinajstić information content (AvgIpc) is 2.42. The van der Waals surface area contributed by atoms with Crippen LogP contribution in [0.25, 0.3) is 0 Å². The number of ether oxygens (including phenoxy) is 1. The van der Waals surface area contributed by atoms with Crippen molar-refractivity contribution in [1.82, 2.24) is 4.90 Å². The van der Waals surface area contributed by atoms with Crippen molar-refractivity contribution < 1.29 is 9.84 Å². The summed E-state index contributed by atoms with van der Waals surface area (Å²) in [6.45, 7) is 2.55. The lowest BCUT2D eigenvalue weighted by atomic mass is 10.0. The smallest absolute Gasteiger partial charge is 0.156 e. The molecule has 1 unspecified atom stereocenters. The molecule has 0 bridgehead atoms. The zero-order valence-corrected chi connectivity index (χ0v) is 12.3. The number of nitrogens with zero attached hydrogens (tertiary/aromatic N) is 1. The molecule has 1 aliphatic heterocycles. The van der Waals surface area contributed by atoms with Crippen molar-refractivity contribution >= 4 is 23.2 Å². The maximum absolute atomic E-state index is 9.34. The number of aliphatic hydroxyl groups excluding tert-OH is 1. The van der Waals surface area contributed by atoms with Gasteiger partial charge >= 0.3 is 0 Å². The van der Waals surface area contributed by atoms with Gasteiger partial charge in [-0.05, 0) is 31.5 Å². The number of hydrogen-bond donors (Lipinski definition) is 1. The number of halogens is 2. The molecule has 1 aliphatic rings. The second-order valence-corrected chi connectivity index (χ2v) is 5.58. The Balaban J connectivity index is 1.86. The third kappa shape index (κ3) is 3.99. The number of rotatable bonds is 5. The van der Waals surface area contributed by atoms with Crippen molar-refractivity contribution in [3.63, 3.8) is 0 Å². The molecule has 0 aliphatic carbocycles. The Morgan fingerprint density at radius 1 is 1.26 bits per heavy atom. The predicted octanol–water partition coefficient (Wildman–Crippen LogP) is 3.22. The second kappa shape index (κ2) is 7.34.